The lowest BCUT2D eigenvalue weighted by Crippen LogP contribution is -2.24. The van der Waals surface area contributed by atoms with Gasteiger partial charge < -0.3 is 9.52 Å². The molecule has 0 bridgehead atoms. The zero-order valence-electron chi connectivity index (χ0n) is 14.3. The van der Waals surface area contributed by atoms with E-state index in [9.17, 15) is 13.2 Å². The van der Waals surface area contributed by atoms with Crippen LogP contribution in [0.3, 0.4) is 0 Å². The number of fused-ring (bicyclic) bond motifs is 1. The van der Waals surface area contributed by atoms with Crippen molar-refractivity contribution < 1.29 is 22.7 Å². The maximum absolute atomic E-state index is 12.2. The maximum atomic E-state index is 12.2. The van der Waals surface area contributed by atoms with Crippen molar-refractivity contribution in [2.24, 2.45) is 0 Å². The molecule has 1 aromatic heterocycles. The molecule has 0 amide bonds. The second-order valence-corrected chi connectivity index (χ2v) is 8.30. The summed E-state index contributed by atoms with van der Waals surface area (Å²) in [5.74, 6) is -1.18. The second-order valence-electron chi connectivity index (χ2n) is 6.10. The first kappa shape index (κ1) is 19.4. The molecular weight excluding hydrogens is 390 g/mol. The van der Waals surface area contributed by atoms with Crippen molar-refractivity contribution >= 4 is 38.6 Å². The number of carboxylic acid groups (broad SMARTS) is 1. The second kappa shape index (κ2) is 8.12. The number of hydrogen-bond donors (Lipinski definition) is 2. The highest BCUT2D eigenvalue weighted by molar-refractivity contribution is 7.89. The molecule has 0 saturated heterocycles. The Labute approximate surface area is 161 Å². The van der Waals surface area contributed by atoms with E-state index in [4.69, 9.17) is 21.1 Å². The summed E-state index contributed by atoms with van der Waals surface area (Å²) in [6.07, 6.45) is 2.22. The molecule has 0 aliphatic rings. The standard InChI is InChI=1S/C19H18ClNO5S/c20-15-5-7-16(8-6-15)27(24,25)21-10-2-1-3-13-4-9-17-14(11-13)12-18(26-17)19(22)23/h4-9,11-12,21H,1-3,10H2,(H,22,23). The van der Waals surface area contributed by atoms with E-state index >= 15 is 0 Å². The molecule has 0 radical (unpaired) electrons. The Morgan fingerprint density at radius 2 is 1.81 bits per heavy atom. The molecule has 142 valence electrons. The van der Waals surface area contributed by atoms with Crippen molar-refractivity contribution in [2.45, 2.75) is 24.2 Å². The van der Waals surface area contributed by atoms with Gasteiger partial charge in [-0.05, 0) is 67.3 Å². The van der Waals surface area contributed by atoms with E-state index in [-0.39, 0.29) is 10.7 Å². The number of nitrogens with one attached hydrogen (secondary N) is 1. The van der Waals surface area contributed by atoms with Crippen LogP contribution in [0.25, 0.3) is 11.0 Å². The molecule has 0 atom stereocenters. The molecule has 0 fully saturated rings. The van der Waals surface area contributed by atoms with Gasteiger partial charge in [-0.1, -0.05) is 17.7 Å². The van der Waals surface area contributed by atoms with Crippen molar-refractivity contribution in [2.75, 3.05) is 6.54 Å². The van der Waals surface area contributed by atoms with Crippen molar-refractivity contribution in [1.82, 2.24) is 4.72 Å². The van der Waals surface area contributed by atoms with Gasteiger partial charge in [0.2, 0.25) is 15.8 Å². The van der Waals surface area contributed by atoms with Gasteiger partial charge in [0.05, 0.1) is 4.90 Å². The fourth-order valence-corrected chi connectivity index (χ4v) is 3.91. The Balaban J connectivity index is 1.50. The van der Waals surface area contributed by atoms with Crippen LogP contribution < -0.4 is 4.72 Å². The van der Waals surface area contributed by atoms with E-state index in [1.807, 2.05) is 12.1 Å². The number of carboxylic acids is 1. The lowest BCUT2D eigenvalue weighted by Gasteiger charge is -2.07. The summed E-state index contributed by atoms with van der Waals surface area (Å²) in [5.41, 5.74) is 1.58. The van der Waals surface area contributed by atoms with Gasteiger partial charge in [-0.25, -0.2) is 17.9 Å². The first-order valence-corrected chi connectivity index (χ1v) is 10.2. The molecule has 3 rings (SSSR count). The lowest BCUT2D eigenvalue weighted by molar-refractivity contribution is 0.0665. The number of unbranched alkanes of at least 4 members (excludes halogenated alkanes) is 1. The molecule has 0 unspecified atom stereocenters. The Morgan fingerprint density at radius 1 is 1.07 bits per heavy atom. The van der Waals surface area contributed by atoms with Gasteiger partial charge in [0, 0.05) is 17.0 Å². The molecule has 1 heterocycles. The van der Waals surface area contributed by atoms with Crippen LogP contribution in [-0.4, -0.2) is 26.0 Å². The van der Waals surface area contributed by atoms with E-state index in [1.165, 1.54) is 30.3 Å². The average Bonchev–Trinajstić information content (AvgIpc) is 3.05. The average molecular weight is 408 g/mol. The van der Waals surface area contributed by atoms with Gasteiger partial charge >= 0.3 is 5.97 Å². The summed E-state index contributed by atoms with van der Waals surface area (Å²) in [6.45, 7) is 0.335. The van der Waals surface area contributed by atoms with E-state index < -0.39 is 16.0 Å². The van der Waals surface area contributed by atoms with Crippen LogP contribution in [0.2, 0.25) is 5.02 Å². The third-order valence-electron chi connectivity index (χ3n) is 4.10. The third kappa shape index (κ3) is 4.88. The van der Waals surface area contributed by atoms with Crippen LogP contribution in [0.15, 0.2) is 57.8 Å². The van der Waals surface area contributed by atoms with Gasteiger partial charge in [0.25, 0.3) is 0 Å². The third-order valence-corrected chi connectivity index (χ3v) is 5.83. The SMILES string of the molecule is O=C(O)c1cc2cc(CCCCNS(=O)(=O)c3ccc(Cl)cc3)ccc2o1. The number of aryl methyl sites for hydroxylation is 1. The number of carbonyl (C=O) groups is 1. The zero-order valence-corrected chi connectivity index (χ0v) is 15.9. The molecule has 3 aromatic rings. The highest BCUT2D eigenvalue weighted by atomic mass is 35.5. The highest BCUT2D eigenvalue weighted by Gasteiger charge is 2.13. The number of rotatable bonds is 8. The number of furan rings is 1. The van der Waals surface area contributed by atoms with Crippen LogP contribution in [0, 0.1) is 0 Å². The van der Waals surface area contributed by atoms with E-state index in [2.05, 4.69) is 4.72 Å². The monoisotopic (exact) mass is 407 g/mol. The minimum Gasteiger partial charge on any atom is -0.475 e. The molecule has 8 heteroatoms. The van der Waals surface area contributed by atoms with Gasteiger partial charge in [0.15, 0.2) is 0 Å². The Hall–Kier alpha value is -2.35. The Kier molecular flexibility index (Phi) is 5.84. The molecule has 6 nitrogen and oxygen atoms in total. The Bertz CT molecular complexity index is 1060. The van der Waals surface area contributed by atoms with Crippen molar-refractivity contribution in [1.29, 1.82) is 0 Å². The summed E-state index contributed by atoms with van der Waals surface area (Å²) in [5, 5.41) is 10.2. The predicted molar refractivity (Wildman–Crippen MR) is 103 cm³/mol. The highest BCUT2D eigenvalue weighted by Crippen LogP contribution is 2.22. The first-order chi connectivity index (χ1) is 12.8. The quantitative estimate of drug-likeness (QED) is 0.548. The summed E-state index contributed by atoms with van der Waals surface area (Å²) in [7, 11) is -3.53. The molecule has 0 spiro atoms. The van der Waals surface area contributed by atoms with Gasteiger partial charge in [-0.15, -0.1) is 0 Å². The maximum Gasteiger partial charge on any atom is 0.371 e. The predicted octanol–water partition coefficient (Wildman–Crippen LogP) is 4.09. The largest absolute Gasteiger partial charge is 0.475 e. The van der Waals surface area contributed by atoms with Crippen LogP contribution in [0.5, 0.6) is 0 Å². The lowest BCUT2D eigenvalue weighted by atomic mass is 10.1. The topological polar surface area (TPSA) is 96.6 Å². The fraction of sp³-hybridized carbons (Fsp3) is 0.211. The van der Waals surface area contributed by atoms with Gasteiger partial charge in [-0.2, -0.15) is 0 Å². The number of halogens is 1. The molecule has 2 aromatic carbocycles. The van der Waals surface area contributed by atoms with Crippen LogP contribution >= 0.6 is 11.6 Å². The minimum absolute atomic E-state index is 0.0845. The first-order valence-electron chi connectivity index (χ1n) is 8.36. The molecule has 2 N–H and O–H groups in total. The van der Waals surface area contributed by atoms with Crippen molar-refractivity contribution in [3.05, 3.63) is 64.9 Å². The van der Waals surface area contributed by atoms with Crippen LogP contribution in [0.1, 0.15) is 29.0 Å². The number of aromatic carboxylic acids is 1. The molecule has 0 aliphatic heterocycles. The summed E-state index contributed by atoms with van der Waals surface area (Å²) < 4.78 is 32.1. The molecule has 0 saturated carbocycles. The zero-order chi connectivity index (χ0) is 19.4. The van der Waals surface area contributed by atoms with E-state index in [0.29, 0.717) is 23.6 Å². The minimum atomic E-state index is -3.53. The van der Waals surface area contributed by atoms with Crippen molar-refractivity contribution in [3.63, 3.8) is 0 Å². The number of sulfonamides is 1. The van der Waals surface area contributed by atoms with Crippen LogP contribution in [0.4, 0.5) is 0 Å². The summed E-state index contributed by atoms with van der Waals surface area (Å²) in [4.78, 5) is 11.1. The summed E-state index contributed by atoms with van der Waals surface area (Å²) >= 11 is 5.77. The smallest absolute Gasteiger partial charge is 0.371 e. The van der Waals surface area contributed by atoms with Crippen molar-refractivity contribution in [3.8, 4) is 0 Å². The summed E-state index contributed by atoms with van der Waals surface area (Å²) in [6, 6.07) is 13.0. The fourth-order valence-electron chi connectivity index (χ4n) is 2.71. The van der Waals surface area contributed by atoms with Gasteiger partial charge in [0.1, 0.15) is 5.58 Å². The van der Waals surface area contributed by atoms with E-state index in [0.717, 1.165) is 23.8 Å². The van der Waals surface area contributed by atoms with E-state index in [1.54, 1.807) is 6.07 Å². The van der Waals surface area contributed by atoms with Gasteiger partial charge in [-0.3, -0.25) is 0 Å². The number of hydrogen-bond acceptors (Lipinski definition) is 4. The normalized spacial score (nSPS) is 11.7. The molecule has 0 aliphatic carbocycles. The number of benzene rings is 2. The molecular formula is C19H18ClNO5S. The Morgan fingerprint density at radius 3 is 2.52 bits per heavy atom. The van der Waals surface area contributed by atoms with Crippen LogP contribution in [-0.2, 0) is 16.4 Å². The molecule has 27 heavy (non-hydrogen) atoms.